The lowest BCUT2D eigenvalue weighted by Crippen LogP contribution is -2.31. The van der Waals surface area contributed by atoms with Crippen molar-refractivity contribution in [3.63, 3.8) is 0 Å². The molecule has 2 rings (SSSR count). The van der Waals surface area contributed by atoms with E-state index in [9.17, 15) is 17.6 Å². The van der Waals surface area contributed by atoms with Gasteiger partial charge in [-0.25, -0.2) is 8.78 Å². The summed E-state index contributed by atoms with van der Waals surface area (Å²) < 4.78 is 53.6. The van der Waals surface area contributed by atoms with Crippen molar-refractivity contribution >= 4 is 0 Å². The van der Waals surface area contributed by atoms with Crippen molar-refractivity contribution in [2.75, 3.05) is 0 Å². The molecule has 0 unspecified atom stereocenters. The maximum absolute atomic E-state index is 13.2. The van der Waals surface area contributed by atoms with E-state index < -0.39 is 35.9 Å². The van der Waals surface area contributed by atoms with Gasteiger partial charge in [-0.2, -0.15) is 13.9 Å². The number of halogens is 4. The molecule has 0 saturated carbocycles. The quantitative estimate of drug-likeness (QED) is 0.598. The molecule has 0 bridgehead atoms. The van der Waals surface area contributed by atoms with Crippen LogP contribution in [0.1, 0.15) is 24.1 Å². The van der Waals surface area contributed by atoms with Crippen LogP contribution in [-0.4, -0.2) is 9.78 Å². The van der Waals surface area contributed by atoms with Crippen molar-refractivity contribution in [1.82, 2.24) is 9.78 Å². The van der Waals surface area contributed by atoms with E-state index in [1.54, 1.807) is 0 Å². The second-order valence-electron chi connectivity index (χ2n) is 3.44. The predicted molar refractivity (Wildman–Crippen MR) is 40.2 cm³/mol. The average molecular weight is 208 g/mol. The molecule has 0 radical (unpaired) electrons. The molecule has 0 N–H and O–H groups in total. The van der Waals surface area contributed by atoms with Gasteiger partial charge in [0, 0.05) is 19.9 Å². The molecule has 0 spiro atoms. The summed E-state index contributed by atoms with van der Waals surface area (Å²) in [5.74, 6) is -6.37. The van der Waals surface area contributed by atoms with Gasteiger partial charge in [0.15, 0.2) is 0 Å². The van der Waals surface area contributed by atoms with Crippen LogP contribution in [0, 0.1) is 0 Å². The fourth-order valence-corrected chi connectivity index (χ4v) is 1.71. The van der Waals surface area contributed by atoms with E-state index in [2.05, 4.69) is 5.10 Å². The first-order valence-electron chi connectivity index (χ1n) is 4.13. The predicted octanol–water partition coefficient (Wildman–Crippen LogP) is 2.40. The summed E-state index contributed by atoms with van der Waals surface area (Å²) in [6, 6.07) is 0. The molecule has 78 valence electrons. The van der Waals surface area contributed by atoms with Gasteiger partial charge >= 0.3 is 0 Å². The Hall–Kier alpha value is -1.07. The SMILES string of the molecule is Cn1ncc2c1C(F)(F)CCC2(F)F. The van der Waals surface area contributed by atoms with Crippen molar-refractivity contribution in [3.8, 4) is 0 Å². The summed E-state index contributed by atoms with van der Waals surface area (Å²) in [4.78, 5) is 0. The van der Waals surface area contributed by atoms with Gasteiger partial charge in [0.2, 0.25) is 0 Å². The van der Waals surface area contributed by atoms with E-state index in [0.717, 1.165) is 10.9 Å². The molecule has 0 saturated heterocycles. The highest BCUT2D eigenvalue weighted by Crippen LogP contribution is 2.49. The molecular weight excluding hydrogens is 200 g/mol. The number of rotatable bonds is 0. The Morgan fingerprint density at radius 1 is 1.21 bits per heavy atom. The van der Waals surface area contributed by atoms with E-state index in [0.29, 0.717) is 0 Å². The Bertz CT molecular complexity index is 369. The smallest absolute Gasteiger partial charge is 0.266 e. The molecule has 0 fully saturated rings. The zero-order valence-electron chi connectivity index (χ0n) is 7.40. The van der Waals surface area contributed by atoms with Crippen LogP contribution >= 0.6 is 0 Å². The number of fused-ring (bicyclic) bond motifs is 1. The molecule has 2 nitrogen and oxygen atoms in total. The van der Waals surface area contributed by atoms with Crippen molar-refractivity contribution in [2.24, 2.45) is 7.05 Å². The lowest BCUT2D eigenvalue weighted by Gasteiger charge is -2.28. The molecule has 0 amide bonds. The minimum atomic E-state index is -3.19. The number of aromatic nitrogens is 2. The van der Waals surface area contributed by atoms with Crippen molar-refractivity contribution in [2.45, 2.75) is 24.7 Å². The first-order valence-corrected chi connectivity index (χ1v) is 4.13. The highest BCUT2D eigenvalue weighted by Gasteiger charge is 2.51. The van der Waals surface area contributed by atoms with Gasteiger partial charge < -0.3 is 0 Å². The summed E-state index contributed by atoms with van der Waals surface area (Å²) in [6.07, 6.45) is -0.826. The third kappa shape index (κ3) is 1.13. The summed E-state index contributed by atoms with van der Waals surface area (Å²) in [7, 11) is 1.24. The van der Waals surface area contributed by atoms with E-state index in [4.69, 9.17) is 0 Å². The molecule has 0 aromatic carbocycles. The van der Waals surface area contributed by atoms with Crippen LogP contribution in [0.15, 0.2) is 6.20 Å². The van der Waals surface area contributed by atoms with Gasteiger partial charge in [0.25, 0.3) is 11.8 Å². The van der Waals surface area contributed by atoms with Crippen LogP contribution in [-0.2, 0) is 18.9 Å². The van der Waals surface area contributed by atoms with Crippen LogP contribution in [0.25, 0.3) is 0 Å². The number of hydrogen-bond acceptors (Lipinski definition) is 1. The molecule has 1 aliphatic rings. The summed E-state index contributed by atoms with van der Waals surface area (Å²) in [5, 5.41) is 3.45. The van der Waals surface area contributed by atoms with E-state index in [1.807, 2.05) is 0 Å². The first-order chi connectivity index (χ1) is 6.34. The van der Waals surface area contributed by atoms with E-state index in [1.165, 1.54) is 7.05 Å². The molecule has 14 heavy (non-hydrogen) atoms. The topological polar surface area (TPSA) is 17.8 Å². The summed E-state index contributed by atoms with van der Waals surface area (Å²) in [6.45, 7) is 0. The van der Waals surface area contributed by atoms with Crippen molar-refractivity contribution < 1.29 is 17.6 Å². The third-order valence-corrected chi connectivity index (χ3v) is 2.43. The monoisotopic (exact) mass is 208 g/mol. The maximum Gasteiger partial charge on any atom is 0.290 e. The van der Waals surface area contributed by atoms with Crippen LogP contribution < -0.4 is 0 Å². The molecule has 0 aliphatic heterocycles. The standard InChI is InChI=1S/C8H8F4N2/c1-14-6-5(4-13-14)7(9,10)2-3-8(6,11)12/h4H,2-3H2,1H3. The Kier molecular flexibility index (Phi) is 1.69. The van der Waals surface area contributed by atoms with Gasteiger partial charge in [0.05, 0.1) is 11.8 Å². The van der Waals surface area contributed by atoms with Crippen molar-refractivity contribution in [1.29, 1.82) is 0 Å². The number of hydrogen-bond donors (Lipinski definition) is 0. The highest BCUT2D eigenvalue weighted by molar-refractivity contribution is 5.29. The summed E-state index contributed by atoms with van der Waals surface area (Å²) in [5.41, 5.74) is -1.30. The van der Waals surface area contributed by atoms with Crippen LogP contribution in [0.3, 0.4) is 0 Å². The van der Waals surface area contributed by atoms with Gasteiger partial charge in [-0.1, -0.05) is 0 Å². The molecule has 6 heteroatoms. The largest absolute Gasteiger partial charge is 0.290 e. The van der Waals surface area contributed by atoms with Gasteiger partial charge in [-0.05, 0) is 0 Å². The minimum absolute atomic E-state index is 0.642. The van der Waals surface area contributed by atoms with Gasteiger partial charge in [-0.3, -0.25) is 4.68 Å². The van der Waals surface area contributed by atoms with Gasteiger partial charge in [0.1, 0.15) is 5.69 Å². The lowest BCUT2D eigenvalue weighted by atomic mass is 9.91. The Morgan fingerprint density at radius 2 is 1.79 bits per heavy atom. The van der Waals surface area contributed by atoms with Crippen LogP contribution in [0.2, 0.25) is 0 Å². The molecule has 1 heterocycles. The van der Waals surface area contributed by atoms with E-state index >= 15 is 0 Å². The number of alkyl halides is 4. The number of aryl methyl sites for hydroxylation is 1. The Balaban J connectivity index is 2.64. The highest BCUT2D eigenvalue weighted by atomic mass is 19.3. The second kappa shape index (κ2) is 2.49. The maximum atomic E-state index is 13.2. The van der Waals surface area contributed by atoms with Crippen molar-refractivity contribution in [3.05, 3.63) is 17.5 Å². The molecule has 1 aromatic rings. The average Bonchev–Trinajstić information content (AvgIpc) is 2.44. The van der Waals surface area contributed by atoms with E-state index in [-0.39, 0.29) is 0 Å². The van der Waals surface area contributed by atoms with Crippen LogP contribution in [0.5, 0.6) is 0 Å². The fraction of sp³-hybridized carbons (Fsp3) is 0.625. The molecule has 0 atom stereocenters. The molecule has 1 aliphatic carbocycles. The lowest BCUT2D eigenvalue weighted by molar-refractivity contribution is -0.0996. The van der Waals surface area contributed by atoms with Crippen LogP contribution in [0.4, 0.5) is 17.6 Å². The summed E-state index contributed by atoms with van der Waals surface area (Å²) >= 11 is 0. The molecular formula is C8H8F4N2. The third-order valence-electron chi connectivity index (χ3n) is 2.43. The Morgan fingerprint density at radius 3 is 2.36 bits per heavy atom. The zero-order valence-corrected chi connectivity index (χ0v) is 7.40. The fourth-order valence-electron chi connectivity index (χ4n) is 1.71. The second-order valence-corrected chi connectivity index (χ2v) is 3.44. The first kappa shape index (κ1) is 9.48. The molecule has 1 aromatic heterocycles. The normalized spacial score (nSPS) is 23.2. The number of nitrogens with zero attached hydrogens (tertiary/aromatic N) is 2. The van der Waals surface area contributed by atoms with Gasteiger partial charge in [-0.15, -0.1) is 0 Å². The Labute approximate surface area is 77.5 Å². The minimum Gasteiger partial charge on any atom is -0.266 e. The zero-order chi connectivity index (χ0) is 10.6.